The first-order chi connectivity index (χ1) is 8.06. The lowest BCUT2D eigenvalue weighted by Crippen LogP contribution is -2.16. The van der Waals surface area contributed by atoms with E-state index in [-0.39, 0.29) is 11.9 Å². The van der Waals surface area contributed by atoms with E-state index in [9.17, 15) is 4.39 Å². The zero-order valence-electron chi connectivity index (χ0n) is 9.89. The lowest BCUT2D eigenvalue weighted by atomic mass is 10.1. The second-order valence-corrected chi connectivity index (χ2v) is 4.11. The molecule has 4 nitrogen and oxygen atoms in total. The van der Waals surface area contributed by atoms with E-state index in [0.717, 1.165) is 11.4 Å². The van der Waals surface area contributed by atoms with Crippen LogP contribution in [0.2, 0.25) is 0 Å². The summed E-state index contributed by atoms with van der Waals surface area (Å²) in [6, 6.07) is 4.73. The average Bonchev–Trinajstić information content (AvgIpc) is 2.58. The Labute approximate surface area is 99.3 Å². The van der Waals surface area contributed by atoms with Gasteiger partial charge in [0, 0.05) is 19.2 Å². The van der Waals surface area contributed by atoms with Gasteiger partial charge in [0.2, 0.25) is 0 Å². The molecule has 0 bridgehead atoms. The third-order valence-corrected chi connectivity index (χ3v) is 2.66. The molecule has 0 saturated heterocycles. The number of halogens is 1. The van der Waals surface area contributed by atoms with Crippen LogP contribution in [0, 0.1) is 12.7 Å². The van der Waals surface area contributed by atoms with Crippen molar-refractivity contribution in [2.75, 3.05) is 0 Å². The van der Waals surface area contributed by atoms with E-state index in [4.69, 9.17) is 5.73 Å². The molecule has 2 aromatic heterocycles. The van der Waals surface area contributed by atoms with Gasteiger partial charge in [0.25, 0.3) is 0 Å². The van der Waals surface area contributed by atoms with Gasteiger partial charge in [0.15, 0.2) is 0 Å². The van der Waals surface area contributed by atoms with Crippen molar-refractivity contribution in [1.82, 2.24) is 14.8 Å². The number of pyridine rings is 1. The van der Waals surface area contributed by atoms with Gasteiger partial charge >= 0.3 is 0 Å². The largest absolute Gasteiger partial charge is 0.322 e. The Balaban J connectivity index is 2.13. The third-order valence-electron chi connectivity index (χ3n) is 2.66. The first-order valence-corrected chi connectivity index (χ1v) is 5.43. The van der Waals surface area contributed by atoms with Crippen molar-refractivity contribution >= 4 is 0 Å². The molecule has 0 fully saturated rings. The summed E-state index contributed by atoms with van der Waals surface area (Å²) in [5, 5.41) is 4.25. The summed E-state index contributed by atoms with van der Waals surface area (Å²) in [5.74, 6) is -0.350. The Hall–Kier alpha value is -1.75. The van der Waals surface area contributed by atoms with Crippen molar-refractivity contribution in [3.05, 3.63) is 47.3 Å². The standard InChI is InChI=1S/C12H15FN4/c1-8-5-10(17(2)16-8)6-11(14)12-4-3-9(13)7-15-12/h3-5,7,11H,6,14H2,1-2H3. The lowest BCUT2D eigenvalue weighted by Gasteiger charge is -2.10. The molecule has 2 N–H and O–H groups in total. The van der Waals surface area contributed by atoms with E-state index in [1.165, 1.54) is 12.3 Å². The minimum absolute atomic E-state index is 0.245. The van der Waals surface area contributed by atoms with Crippen molar-refractivity contribution in [2.24, 2.45) is 12.8 Å². The van der Waals surface area contributed by atoms with Gasteiger partial charge in [-0.05, 0) is 25.1 Å². The van der Waals surface area contributed by atoms with Crippen LogP contribution in [0.5, 0.6) is 0 Å². The van der Waals surface area contributed by atoms with Crippen molar-refractivity contribution in [3.8, 4) is 0 Å². The summed E-state index contributed by atoms with van der Waals surface area (Å²) >= 11 is 0. The summed E-state index contributed by atoms with van der Waals surface area (Å²) in [5.41, 5.74) is 8.72. The highest BCUT2D eigenvalue weighted by Crippen LogP contribution is 2.14. The topological polar surface area (TPSA) is 56.7 Å². The maximum atomic E-state index is 12.7. The molecule has 1 atom stereocenters. The zero-order valence-corrected chi connectivity index (χ0v) is 9.89. The first-order valence-electron chi connectivity index (χ1n) is 5.43. The molecule has 2 rings (SSSR count). The predicted molar refractivity (Wildman–Crippen MR) is 62.8 cm³/mol. The molecule has 0 aromatic carbocycles. The quantitative estimate of drug-likeness (QED) is 0.875. The lowest BCUT2D eigenvalue weighted by molar-refractivity contribution is 0.603. The number of rotatable bonds is 3. The Morgan fingerprint density at radius 2 is 2.24 bits per heavy atom. The second kappa shape index (κ2) is 4.63. The average molecular weight is 234 g/mol. The number of nitrogens with two attached hydrogens (primary N) is 1. The van der Waals surface area contributed by atoms with Gasteiger partial charge in [0.1, 0.15) is 5.82 Å². The molecule has 0 aliphatic heterocycles. The molecule has 0 amide bonds. The third kappa shape index (κ3) is 2.68. The fraction of sp³-hybridized carbons (Fsp3) is 0.333. The van der Waals surface area contributed by atoms with Crippen molar-refractivity contribution in [3.63, 3.8) is 0 Å². The summed E-state index contributed by atoms with van der Waals surface area (Å²) in [6.45, 7) is 1.94. The SMILES string of the molecule is Cc1cc(CC(N)c2ccc(F)cn2)n(C)n1. The molecule has 0 aliphatic carbocycles. The molecular weight excluding hydrogens is 219 g/mol. The smallest absolute Gasteiger partial charge is 0.141 e. The summed E-state index contributed by atoms with van der Waals surface area (Å²) in [7, 11) is 1.88. The molecule has 0 radical (unpaired) electrons. The van der Waals surface area contributed by atoms with E-state index in [1.54, 1.807) is 10.7 Å². The number of hydrogen-bond donors (Lipinski definition) is 1. The van der Waals surface area contributed by atoms with Crippen LogP contribution < -0.4 is 5.73 Å². The maximum Gasteiger partial charge on any atom is 0.141 e. The van der Waals surface area contributed by atoms with Gasteiger partial charge in [-0.2, -0.15) is 5.10 Å². The first kappa shape index (κ1) is 11.7. The van der Waals surface area contributed by atoms with E-state index < -0.39 is 0 Å². The summed E-state index contributed by atoms with van der Waals surface area (Å²) < 4.78 is 14.5. The van der Waals surface area contributed by atoms with E-state index in [0.29, 0.717) is 12.1 Å². The zero-order chi connectivity index (χ0) is 12.4. The van der Waals surface area contributed by atoms with Crippen molar-refractivity contribution in [1.29, 1.82) is 0 Å². The maximum absolute atomic E-state index is 12.7. The Morgan fingerprint density at radius 3 is 2.76 bits per heavy atom. The van der Waals surface area contributed by atoms with Crippen LogP contribution in [0.4, 0.5) is 4.39 Å². The normalized spacial score (nSPS) is 12.7. The van der Waals surface area contributed by atoms with E-state index >= 15 is 0 Å². The molecule has 0 aliphatic rings. The molecular formula is C12H15FN4. The predicted octanol–water partition coefficient (Wildman–Crippen LogP) is 1.51. The van der Waals surface area contributed by atoms with E-state index in [2.05, 4.69) is 10.1 Å². The van der Waals surface area contributed by atoms with Crippen LogP contribution in [0.3, 0.4) is 0 Å². The van der Waals surface area contributed by atoms with Gasteiger partial charge < -0.3 is 5.73 Å². The Morgan fingerprint density at radius 1 is 1.47 bits per heavy atom. The molecule has 17 heavy (non-hydrogen) atoms. The van der Waals surface area contributed by atoms with E-state index in [1.807, 2.05) is 20.0 Å². The van der Waals surface area contributed by atoms with Crippen molar-refractivity contribution in [2.45, 2.75) is 19.4 Å². The van der Waals surface area contributed by atoms with Crippen LogP contribution >= 0.6 is 0 Å². The van der Waals surface area contributed by atoms with Crippen LogP contribution in [0.15, 0.2) is 24.4 Å². The highest BCUT2D eigenvalue weighted by molar-refractivity contribution is 5.15. The summed E-state index contributed by atoms with van der Waals surface area (Å²) in [6.07, 6.45) is 1.82. The molecule has 1 unspecified atom stereocenters. The van der Waals surface area contributed by atoms with Gasteiger partial charge in [-0.25, -0.2) is 4.39 Å². The highest BCUT2D eigenvalue weighted by Gasteiger charge is 2.11. The van der Waals surface area contributed by atoms with Crippen LogP contribution in [0.1, 0.15) is 23.1 Å². The Bertz CT molecular complexity index is 504. The van der Waals surface area contributed by atoms with Gasteiger partial charge in [-0.1, -0.05) is 0 Å². The van der Waals surface area contributed by atoms with Crippen molar-refractivity contribution < 1.29 is 4.39 Å². The molecule has 0 spiro atoms. The van der Waals surface area contributed by atoms with Gasteiger partial charge in [-0.3, -0.25) is 9.67 Å². The number of aromatic nitrogens is 3. The van der Waals surface area contributed by atoms with Gasteiger partial charge in [-0.15, -0.1) is 0 Å². The number of aryl methyl sites for hydroxylation is 2. The van der Waals surface area contributed by atoms with Crippen LogP contribution in [-0.2, 0) is 13.5 Å². The van der Waals surface area contributed by atoms with Crippen LogP contribution in [0.25, 0.3) is 0 Å². The molecule has 2 heterocycles. The minimum atomic E-state index is -0.350. The fourth-order valence-corrected chi connectivity index (χ4v) is 1.79. The molecule has 90 valence electrons. The number of nitrogens with zero attached hydrogens (tertiary/aromatic N) is 3. The fourth-order valence-electron chi connectivity index (χ4n) is 1.79. The number of hydrogen-bond acceptors (Lipinski definition) is 3. The highest BCUT2D eigenvalue weighted by atomic mass is 19.1. The second-order valence-electron chi connectivity index (χ2n) is 4.11. The monoisotopic (exact) mass is 234 g/mol. The molecule has 0 saturated carbocycles. The summed E-state index contributed by atoms with van der Waals surface area (Å²) in [4.78, 5) is 3.98. The van der Waals surface area contributed by atoms with Gasteiger partial charge in [0.05, 0.1) is 23.6 Å². The Kier molecular flexibility index (Phi) is 3.19. The molecule has 2 aromatic rings. The van der Waals surface area contributed by atoms with Crippen LogP contribution in [-0.4, -0.2) is 14.8 Å². The molecule has 5 heteroatoms. The minimum Gasteiger partial charge on any atom is -0.322 e.